The molecule has 0 aliphatic carbocycles. The van der Waals surface area contributed by atoms with Crippen molar-refractivity contribution in [2.75, 3.05) is 19.6 Å². The molecule has 2 atom stereocenters. The van der Waals surface area contributed by atoms with E-state index in [1.807, 2.05) is 11.4 Å². The number of hydrogen-bond donors (Lipinski definition) is 3. The molecule has 19 heavy (non-hydrogen) atoms. The van der Waals surface area contributed by atoms with Crippen LogP contribution in [0.4, 0.5) is 0 Å². The van der Waals surface area contributed by atoms with Crippen molar-refractivity contribution in [2.45, 2.75) is 31.6 Å². The summed E-state index contributed by atoms with van der Waals surface area (Å²) in [6.07, 6.45) is -0.382. The van der Waals surface area contributed by atoms with Gasteiger partial charge in [-0.05, 0) is 17.9 Å². The molecule has 0 radical (unpaired) electrons. The number of piperidine rings is 1. The standard InChI is InChI=1S/C13H20N2O3S/c1-10(16)14-9-13(18)4-5-15(8-12(13)17)7-11-3-2-6-19-11/h2-3,6,12,17-18H,4-5,7-9H2,1H3,(H,14,16)/t12-,13-/m1/s1. The van der Waals surface area contributed by atoms with Crippen LogP contribution in [-0.2, 0) is 11.3 Å². The first-order valence-corrected chi connectivity index (χ1v) is 7.27. The Bertz CT molecular complexity index is 424. The zero-order chi connectivity index (χ0) is 13.9. The molecule has 0 saturated carbocycles. The van der Waals surface area contributed by atoms with Gasteiger partial charge >= 0.3 is 0 Å². The molecule has 6 heteroatoms. The number of hydrogen-bond acceptors (Lipinski definition) is 5. The SMILES string of the molecule is CC(=O)NC[C@]1(O)CCN(Cc2cccs2)C[C@H]1O. The van der Waals surface area contributed by atoms with Crippen LogP contribution in [0.25, 0.3) is 0 Å². The van der Waals surface area contributed by atoms with Gasteiger partial charge in [0.25, 0.3) is 0 Å². The van der Waals surface area contributed by atoms with E-state index in [1.165, 1.54) is 11.8 Å². The van der Waals surface area contributed by atoms with Crippen LogP contribution in [0.2, 0.25) is 0 Å². The van der Waals surface area contributed by atoms with Gasteiger partial charge in [0.15, 0.2) is 0 Å². The van der Waals surface area contributed by atoms with Crippen LogP contribution >= 0.6 is 11.3 Å². The molecule has 5 nitrogen and oxygen atoms in total. The molecule has 1 aromatic rings. The Hall–Kier alpha value is -0.950. The minimum absolute atomic E-state index is 0.107. The highest BCUT2D eigenvalue weighted by Crippen LogP contribution is 2.24. The summed E-state index contributed by atoms with van der Waals surface area (Å²) in [6.45, 7) is 3.45. The van der Waals surface area contributed by atoms with Gasteiger partial charge < -0.3 is 15.5 Å². The molecule has 0 bridgehead atoms. The molecule has 1 aliphatic heterocycles. The number of β-amino-alcohol motifs (C(OH)–C–C–N with tert-alkyl or cyclic N) is 1. The van der Waals surface area contributed by atoms with Crippen molar-refractivity contribution in [3.8, 4) is 0 Å². The van der Waals surface area contributed by atoms with E-state index in [4.69, 9.17) is 0 Å². The van der Waals surface area contributed by atoms with Crippen molar-refractivity contribution in [1.29, 1.82) is 0 Å². The first-order chi connectivity index (χ1) is 8.99. The van der Waals surface area contributed by atoms with Gasteiger partial charge in [-0.25, -0.2) is 0 Å². The number of nitrogens with one attached hydrogen (secondary N) is 1. The summed E-state index contributed by atoms with van der Waals surface area (Å²) in [5.41, 5.74) is -1.21. The van der Waals surface area contributed by atoms with Gasteiger partial charge in [-0.3, -0.25) is 9.69 Å². The molecule has 1 aromatic heterocycles. The average molecular weight is 284 g/mol. The largest absolute Gasteiger partial charge is 0.389 e. The first kappa shape index (κ1) is 14.5. The molecule has 2 heterocycles. The lowest BCUT2D eigenvalue weighted by Crippen LogP contribution is -2.59. The number of thiophene rings is 1. The van der Waals surface area contributed by atoms with Crippen LogP contribution in [0.3, 0.4) is 0 Å². The third kappa shape index (κ3) is 3.76. The van der Waals surface area contributed by atoms with E-state index in [2.05, 4.69) is 16.3 Å². The maximum Gasteiger partial charge on any atom is 0.216 e. The number of nitrogens with zero attached hydrogens (tertiary/aromatic N) is 1. The second-order valence-electron chi connectivity index (χ2n) is 5.09. The summed E-state index contributed by atoms with van der Waals surface area (Å²) in [5.74, 6) is -0.193. The Balaban J connectivity index is 1.88. The molecular weight excluding hydrogens is 264 g/mol. The fraction of sp³-hybridized carbons (Fsp3) is 0.615. The number of aliphatic hydroxyl groups excluding tert-OH is 1. The lowest BCUT2D eigenvalue weighted by atomic mass is 9.88. The Labute approximate surface area is 116 Å². The zero-order valence-corrected chi connectivity index (χ0v) is 11.8. The highest BCUT2D eigenvalue weighted by Gasteiger charge is 2.40. The molecule has 3 N–H and O–H groups in total. The fourth-order valence-electron chi connectivity index (χ4n) is 2.27. The zero-order valence-electron chi connectivity index (χ0n) is 11.0. The Morgan fingerprint density at radius 1 is 1.68 bits per heavy atom. The van der Waals surface area contributed by atoms with Gasteiger partial charge in [0.05, 0.1) is 6.10 Å². The average Bonchev–Trinajstić information content (AvgIpc) is 2.85. The van der Waals surface area contributed by atoms with Gasteiger partial charge in [0, 0.05) is 38.0 Å². The third-order valence-electron chi connectivity index (χ3n) is 3.52. The molecule has 1 aliphatic rings. The molecule has 106 valence electrons. The second kappa shape index (κ2) is 6.00. The highest BCUT2D eigenvalue weighted by atomic mass is 32.1. The van der Waals surface area contributed by atoms with Crippen LogP contribution in [0.15, 0.2) is 17.5 Å². The number of carbonyl (C=O) groups excluding carboxylic acids is 1. The fourth-order valence-corrected chi connectivity index (χ4v) is 3.02. The molecule has 2 rings (SSSR count). The van der Waals surface area contributed by atoms with E-state index in [9.17, 15) is 15.0 Å². The maximum absolute atomic E-state index is 10.9. The van der Waals surface area contributed by atoms with Crippen molar-refractivity contribution in [3.63, 3.8) is 0 Å². The highest BCUT2D eigenvalue weighted by molar-refractivity contribution is 7.09. The normalized spacial score (nSPS) is 28.3. The molecule has 0 aromatic carbocycles. The molecule has 1 amide bonds. The number of amides is 1. The van der Waals surface area contributed by atoms with Gasteiger partial charge in [-0.15, -0.1) is 11.3 Å². The maximum atomic E-state index is 10.9. The van der Waals surface area contributed by atoms with E-state index in [0.717, 1.165) is 6.54 Å². The van der Waals surface area contributed by atoms with E-state index in [1.54, 1.807) is 11.3 Å². The second-order valence-corrected chi connectivity index (χ2v) is 6.13. The van der Waals surface area contributed by atoms with Crippen molar-refractivity contribution in [3.05, 3.63) is 22.4 Å². The van der Waals surface area contributed by atoms with Gasteiger partial charge in [0.1, 0.15) is 5.60 Å². The minimum Gasteiger partial charge on any atom is -0.389 e. The Morgan fingerprint density at radius 3 is 3.05 bits per heavy atom. The summed E-state index contributed by atoms with van der Waals surface area (Å²) in [7, 11) is 0. The molecule has 0 unspecified atom stereocenters. The topological polar surface area (TPSA) is 72.8 Å². The Morgan fingerprint density at radius 2 is 2.47 bits per heavy atom. The number of carbonyl (C=O) groups is 1. The van der Waals surface area contributed by atoms with E-state index in [0.29, 0.717) is 19.5 Å². The van der Waals surface area contributed by atoms with Crippen molar-refractivity contribution < 1.29 is 15.0 Å². The van der Waals surface area contributed by atoms with E-state index >= 15 is 0 Å². The first-order valence-electron chi connectivity index (χ1n) is 6.39. The summed E-state index contributed by atoms with van der Waals surface area (Å²) >= 11 is 1.69. The summed E-state index contributed by atoms with van der Waals surface area (Å²) < 4.78 is 0. The van der Waals surface area contributed by atoms with Crippen molar-refractivity contribution in [2.24, 2.45) is 0 Å². The molecule has 0 spiro atoms. The minimum atomic E-state index is -1.21. The smallest absolute Gasteiger partial charge is 0.216 e. The number of likely N-dealkylation sites (tertiary alicyclic amines) is 1. The van der Waals surface area contributed by atoms with Crippen LogP contribution in [0.1, 0.15) is 18.2 Å². The third-order valence-corrected chi connectivity index (χ3v) is 4.38. The van der Waals surface area contributed by atoms with Crippen LogP contribution in [-0.4, -0.2) is 52.4 Å². The summed E-state index contributed by atoms with van der Waals surface area (Å²) in [4.78, 5) is 14.3. The van der Waals surface area contributed by atoms with Crippen molar-refractivity contribution in [1.82, 2.24) is 10.2 Å². The predicted molar refractivity (Wildman–Crippen MR) is 73.9 cm³/mol. The van der Waals surface area contributed by atoms with E-state index < -0.39 is 11.7 Å². The summed E-state index contributed by atoms with van der Waals surface area (Å²) in [6, 6.07) is 4.07. The number of aliphatic hydroxyl groups is 2. The lowest BCUT2D eigenvalue weighted by Gasteiger charge is -2.42. The van der Waals surface area contributed by atoms with Crippen molar-refractivity contribution >= 4 is 17.2 Å². The lowest BCUT2D eigenvalue weighted by molar-refractivity contribution is -0.130. The Kier molecular flexibility index (Phi) is 4.57. The molecular formula is C13H20N2O3S. The van der Waals surface area contributed by atoms with E-state index in [-0.39, 0.29) is 12.5 Å². The number of rotatable bonds is 4. The molecule has 1 saturated heterocycles. The van der Waals surface area contributed by atoms with Gasteiger partial charge in [0.2, 0.25) is 5.91 Å². The van der Waals surface area contributed by atoms with Crippen LogP contribution < -0.4 is 5.32 Å². The summed E-state index contributed by atoms with van der Waals surface area (Å²) in [5, 5.41) is 25.1. The molecule has 1 fully saturated rings. The van der Waals surface area contributed by atoms with Gasteiger partial charge in [-0.2, -0.15) is 0 Å². The van der Waals surface area contributed by atoms with Gasteiger partial charge in [-0.1, -0.05) is 6.07 Å². The van der Waals surface area contributed by atoms with Crippen LogP contribution in [0.5, 0.6) is 0 Å². The quantitative estimate of drug-likeness (QED) is 0.737. The monoisotopic (exact) mass is 284 g/mol. The van der Waals surface area contributed by atoms with Crippen LogP contribution in [0, 0.1) is 0 Å². The predicted octanol–water partition coefficient (Wildman–Crippen LogP) is 0.182.